The lowest BCUT2D eigenvalue weighted by Gasteiger charge is -2.36. The van der Waals surface area contributed by atoms with E-state index in [1.54, 1.807) is 0 Å². The highest BCUT2D eigenvalue weighted by molar-refractivity contribution is 14.2. The van der Waals surface area contributed by atoms with Crippen LogP contribution in [0.15, 0.2) is 114 Å². The van der Waals surface area contributed by atoms with E-state index in [-0.39, 0.29) is 23.6 Å². The standard InChI is InChI=1S/C38H39IO3/c1-6-42-37(41)33-25(2)22-31-30(28-18-12-8-13-19-28)23-32(40)38(4,24-26(3)27-16-10-7-11-17-27)36(39-5)35(31)34(33)29-20-14-9-15-21-29/h7-21,25,30H,3,6,22-24H2,1-2,4-5H3/t25-,30?,38-/m0/s1. The molecule has 0 radical (unpaired) electrons. The molecule has 0 N–H and O–H groups in total. The lowest BCUT2D eigenvalue weighted by atomic mass is 9.69. The summed E-state index contributed by atoms with van der Waals surface area (Å²) in [5.41, 5.74) is 7.51. The van der Waals surface area contributed by atoms with E-state index >= 15 is 0 Å². The molecule has 3 nitrogen and oxygen atoms in total. The Kier molecular flexibility index (Phi) is 9.22. The number of ether oxygens (including phenoxy) is 1. The van der Waals surface area contributed by atoms with Crippen molar-refractivity contribution >= 4 is 47.1 Å². The maximum absolute atomic E-state index is 14.7. The Bertz CT molecular complexity index is 1580. The Morgan fingerprint density at radius 3 is 2.12 bits per heavy atom. The minimum absolute atomic E-state index is 0.0423. The van der Waals surface area contributed by atoms with Gasteiger partial charge in [-0.05, 0) is 65.4 Å². The number of alkyl halides is 1. The van der Waals surface area contributed by atoms with Gasteiger partial charge in [0.25, 0.3) is 0 Å². The van der Waals surface area contributed by atoms with Crippen molar-refractivity contribution in [3.05, 3.63) is 131 Å². The first-order chi connectivity index (χ1) is 20.3. The summed E-state index contributed by atoms with van der Waals surface area (Å²) in [6.07, 6.45) is 1.69. The molecule has 2 aliphatic carbocycles. The first-order valence-electron chi connectivity index (χ1n) is 14.7. The average Bonchev–Trinajstić information content (AvgIpc) is 3.09. The van der Waals surface area contributed by atoms with Crippen molar-refractivity contribution in [1.29, 1.82) is 0 Å². The zero-order valence-electron chi connectivity index (χ0n) is 25.0. The van der Waals surface area contributed by atoms with Gasteiger partial charge in [-0.1, -0.05) is 110 Å². The third kappa shape index (κ3) is 5.66. The van der Waals surface area contributed by atoms with Crippen LogP contribution in [0.25, 0.3) is 11.1 Å². The predicted octanol–water partition coefficient (Wildman–Crippen LogP) is 8.98. The van der Waals surface area contributed by atoms with E-state index in [9.17, 15) is 9.59 Å². The molecule has 3 aromatic carbocycles. The lowest BCUT2D eigenvalue weighted by Crippen LogP contribution is -2.37. The van der Waals surface area contributed by atoms with Gasteiger partial charge in [-0.2, -0.15) is 0 Å². The number of benzene rings is 3. The number of carbonyl (C=O) groups excluding carboxylic acids is 2. The molecule has 3 atom stereocenters. The van der Waals surface area contributed by atoms with Crippen molar-refractivity contribution in [3.8, 4) is 0 Å². The zero-order chi connectivity index (χ0) is 29.9. The highest BCUT2D eigenvalue weighted by Crippen LogP contribution is 2.54. The molecule has 0 amide bonds. The molecule has 2 aliphatic rings. The smallest absolute Gasteiger partial charge is 0.334 e. The number of ketones is 1. The molecule has 42 heavy (non-hydrogen) atoms. The number of rotatable bonds is 7. The van der Waals surface area contributed by atoms with Gasteiger partial charge in [0, 0.05) is 27.0 Å². The summed E-state index contributed by atoms with van der Waals surface area (Å²) >= 11 is -0.556. The van der Waals surface area contributed by atoms with Crippen LogP contribution in [-0.2, 0) is 14.3 Å². The summed E-state index contributed by atoms with van der Waals surface area (Å²) in [7, 11) is 0. The highest BCUT2D eigenvalue weighted by Gasteiger charge is 2.48. The van der Waals surface area contributed by atoms with E-state index in [0.29, 0.717) is 19.4 Å². The van der Waals surface area contributed by atoms with Crippen LogP contribution in [0.1, 0.15) is 62.6 Å². The second kappa shape index (κ2) is 12.9. The third-order valence-electron chi connectivity index (χ3n) is 8.69. The van der Waals surface area contributed by atoms with Crippen molar-refractivity contribution in [2.45, 2.75) is 46.0 Å². The van der Waals surface area contributed by atoms with Crippen LogP contribution in [0, 0.1) is 11.3 Å². The number of allylic oxidation sites excluding steroid dienone is 4. The van der Waals surface area contributed by atoms with E-state index in [0.717, 1.165) is 45.4 Å². The third-order valence-corrected chi connectivity index (χ3v) is 11.5. The first kappa shape index (κ1) is 30.1. The first-order valence-corrected chi connectivity index (χ1v) is 17.9. The molecule has 0 spiro atoms. The predicted molar refractivity (Wildman–Crippen MR) is 183 cm³/mol. The van der Waals surface area contributed by atoms with Crippen LogP contribution in [0.5, 0.6) is 0 Å². The van der Waals surface area contributed by atoms with Crippen LogP contribution in [0.3, 0.4) is 0 Å². The largest absolute Gasteiger partial charge is 0.463 e. The fraction of sp³-hybridized carbons (Fsp3) is 0.289. The second-order valence-electron chi connectivity index (χ2n) is 11.5. The van der Waals surface area contributed by atoms with Gasteiger partial charge in [0.05, 0.1) is 12.0 Å². The maximum Gasteiger partial charge on any atom is 0.334 e. The molecule has 0 saturated heterocycles. The molecule has 5 rings (SSSR count). The van der Waals surface area contributed by atoms with E-state index in [2.05, 4.69) is 73.9 Å². The van der Waals surface area contributed by atoms with Gasteiger partial charge in [-0.15, -0.1) is 20.7 Å². The summed E-state index contributed by atoms with van der Waals surface area (Å²) < 4.78 is 6.89. The minimum Gasteiger partial charge on any atom is -0.463 e. The fourth-order valence-corrected chi connectivity index (χ4v) is 9.52. The Labute approximate surface area is 260 Å². The number of esters is 1. The van der Waals surface area contributed by atoms with Gasteiger partial charge in [0.15, 0.2) is 0 Å². The van der Waals surface area contributed by atoms with Gasteiger partial charge in [-0.25, -0.2) is 4.79 Å². The summed E-state index contributed by atoms with van der Waals surface area (Å²) in [5, 5.41) is 0. The normalized spacial score (nSPS) is 23.6. The van der Waals surface area contributed by atoms with Gasteiger partial charge in [0.1, 0.15) is 5.78 Å². The minimum atomic E-state index is -0.737. The van der Waals surface area contributed by atoms with Crippen LogP contribution < -0.4 is 0 Å². The van der Waals surface area contributed by atoms with Crippen molar-refractivity contribution < 1.29 is 14.3 Å². The summed E-state index contributed by atoms with van der Waals surface area (Å²) in [6, 6.07) is 30.9. The van der Waals surface area contributed by atoms with Crippen molar-refractivity contribution in [1.82, 2.24) is 0 Å². The molecule has 216 valence electrons. The van der Waals surface area contributed by atoms with Crippen LogP contribution in [-0.4, -0.2) is 26.8 Å². The molecule has 0 heterocycles. The van der Waals surface area contributed by atoms with Crippen LogP contribution in [0.2, 0.25) is 0 Å². The van der Waals surface area contributed by atoms with E-state index < -0.39 is 26.1 Å². The number of halogens is 1. The molecule has 4 heteroatoms. The van der Waals surface area contributed by atoms with Gasteiger partial charge >= 0.3 is 5.97 Å². The molecule has 0 aliphatic heterocycles. The Morgan fingerprint density at radius 1 is 0.929 bits per heavy atom. The molecular weight excluding hydrogens is 631 g/mol. The topological polar surface area (TPSA) is 43.4 Å². The van der Waals surface area contributed by atoms with Gasteiger partial charge in [-0.3, -0.25) is 4.79 Å². The maximum atomic E-state index is 14.7. The Balaban J connectivity index is 1.81. The highest BCUT2D eigenvalue weighted by atomic mass is 127. The Hall–Kier alpha value is -3.38. The molecule has 0 fully saturated rings. The summed E-state index contributed by atoms with van der Waals surface area (Å²) in [4.78, 5) is 30.6. The van der Waals surface area contributed by atoms with Gasteiger partial charge < -0.3 is 4.74 Å². The fourth-order valence-electron chi connectivity index (χ4n) is 6.68. The average molecular weight is 671 g/mol. The van der Waals surface area contributed by atoms with Crippen LogP contribution >= 0.6 is 20.7 Å². The summed E-state index contributed by atoms with van der Waals surface area (Å²) in [5.74, 6) is -0.112. The molecule has 0 aromatic heterocycles. The zero-order valence-corrected chi connectivity index (χ0v) is 27.1. The van der Waals surface area contributed by atoms with E-state index in [1.807, 2.05) is 49.4 Å². The molecular formula is C38H39IO3. The molecule has 1 unspecified atom stereocenters. The molecule has 3 aromatic rings. The number of carbonyl (C=O) groups is 2. The SMILES string of the molecule is C=C(C[C@@]1(C)C(=O)CC(c2ccccc2)C2=C(C1=IC)C(c1ccccc1)=C(C(=O)OCC)[C@@H](C)C2)c1ccccc1. The van der Waals surface area contributed by atoms with Crippen molar-refractivity contribution in [3.63, 3.8) is 0 Å². The van der Waals surface area contributed by atoms with Gasteiger partial charge in [0.2, 0.25) is 0 Å². The van der Waals surface area contributed by atoms with Crippen molar-refractivity contribution in [2.24, 2.45) is 11.3 Å². The Morgan fingerprint density at radius 2 is 1.52 bits per heavy atom. The lowest BCUT2D eigenvalue weighted by molar-refractivity contribution is -0.139. The summed E-state index contributed by atoms with van der Waals surface area (Å²) in [6.45, 7) is 10.9. The van der Waals surface area contributed by atoms with Crippen molar-refractivity contribution in [2.75, 3.05) is 11.5 Å². The van der Waals surface area contributed by atoms with E-state index in [4.69, 9.17) is 4.74 Å². The monoisotopic (exact) mass is 670 g/mol. The molecule has 0 saturated carbocycles. The van der Waals surface area contributed by atoms with Crippen LogP contribution in [0.4, 0.5) is 0 Å². The van der Waals surface area contributed by atoms with E-state index in [1.165, 1.54) is 9.08 Å². The number of hydrogen-bond acceptors (Lipinski definition) is 3. The second-order valence-corrected chi connectivity index (χ2v) is 13.6. The molecule has 0 bridgehead atoms. The quantitative estimate of drug-likeness (QED) is 0.143. The number of hydrogen-bond donors (Lipinski definition) is 0. The number of Topliss-reactive ketones (excluding diaryl/α,β-unsaturated/α-hetero) is 1.